The molecule has 0 radical (unpaired) electrons. The highest BCUT2D eigenvalue weighted by Crippen LogP contribution is 2.24. The van der Waals surface area contributed by atoms with E-state index in [9.17, 15) is 9.59 Å². The van der Waals surface area contributed by atoms with Crippen LogP contribution in [0.15, 0.2) is 60.4 Å². The van der Waals surface area contributed by atoms with Gasteiger partial charge in [0.1, 0.15) is 11.3 Å². The summed E-state index contributed by atoms with van der Waals surface area (Å²) >= 11 is 0. The number of benzene rings is 1. The summed E-state index contributed by atoms with van der Waals surface area (Å²) in [5, 5.41) is 0. The molecule has 0 fully saturated rings. The van der Waals surface area contributed by atoms with Crippen LogP contribution in [0.4, 0.5) is 0 Å². The number of pyridine rings is 1. The van der Waals surface area contributed by atoms with Crippen LogP contribution < -0.4 is 4.74 Å². The Labute approximate surface area is 158 Å². The Hall–Kier alpha value is -3.15. The normalized spacial score (nSPS) is 13.0. The number of aromatic nitrogens is 1. The predicted octanol–water partition coefficient (Wildman–Crippen LogP) is 3.95. The van der Waals surface area contributed by atoms with Crippen LogP contribution in [0.2, 0.25) is 0 Å². The number of amides is 1. The van der Waals surface area contributed by atoms with Gasteiger partial charge in [-0.1, -0.05) is 24.3 Å². The van der Waals surface area contributed by atoms with Gasteiger partial charge in [0.2, 0.25) is 5.88 Å². The quantitative estimate of drug-likeness (QED) is 0.694. The molecule has 0 N–H and O–H groups in total. The first-order valence-corrected chi connectivity index (χ1v) is 9.03. The van der Waals surface area contributed by atoms with E-state index in [2.05, 4.69) is 11.1 Å². The van der Waals surface area contributed by atoms with Gasteiger partial charge in [-0.3, -0.25) is 4.79 Å². The molecule has 1 aliphatic rings. The smallest absolute Gasteiger partial charge is 0.344 e. The topological polar surface area (TPSA) is 68.7 Å². The molecule has 0 aliphatic heterocycles. The molecule has 1 heterocycles. The highest BCUT2D eigenvalue weighted by atomic mass is 16.5. The molecule has 0 bridgehead atoms. The minimum atomic E-state index is -0.640. The van der Waals surface area contributed by atoms with Crippen LogP contribution in [-0.4, -0.2) is 34.9 Å². The van der Waals surface area contributed by atoms with Crippen LogP contribution in [0.5, 0.6) is 11.6 Å². The number of allylic oxidation sites excluding steroid dienone is 2. The lowest BCUT2D eigenvalue weighted by Gasteiger charge is -2.22. The van der Waals surface area contributed by atoms with Crippen molar-refractivity contribution < 1.29 is 19.1 Å². The molecule has 27 heavy (non-hydrogen) atoms. The fourth-order valence-electron chi connectivity index (χ4n) is 2.95. The first-order valence-electron chi connectivity index (χ1n) is 9.03. The van der Waals surface area contributed by atoms with Gasteiger partial charge in [-0.05, 0) is 50.5 Å². The average molecular weight is 366 g/mol. The largest absolute Gasteiger partial charge is 0.452 e. The van der Waals surface area contributed by atoms with Crippen LogP contribution in [-0.2, 0) is 9.53 Å². The van der Waals surface area contributed by atoms with Gasteiger partial charge in [0.05, 0.1) is 0 Å². The van der Waals surface area contributed by atoms with Gasteiger partial charge < -0.3 is 14.4 Å². The molecule has 1 aromatic carbocycles. The zero-order valence-corrected chi connectivity index (χ0v) is 15.3. The Morgan fingerprint density at radius 1 is 1.15 bits per heavy atom. The summed E-state index contributed by atoms with van der Waals surface area (Å²) in [6, 6.07) is 12.2. The third-order valence-electron chi connectivity index (χ3n) is 4.26. The summed E-state index contributed by atoms with van der Waals surface area (Å²) in [7, 11) is 0. The molecule has 6 heteroatoms. The Balaban J connectivity index is 1.65. The number of carbonyl (C=O) groups is 2. The van der Waals surface area contributed by atoms with Gasteiger partial charge in [-0.25, -0.2) is 9.78 Å². The van der Waals surface area contributed by atoms with Crippen molar-refractivity contribution in [2.75, 3.05) is 13.2 Å². The predicted molar refractivity (Wildman–Crippen MR) is 100 cm³/mol. The third kappa shape index (κ3) is 4.73. The van der Waals surface area contributed by atoms with E-state index in [0.29, 0.717) is 12.3 Å². The zero-order valence-electron chi connectivity index (χ0n) is 15.3. The second-order valence-corrected chi connectivity index (χ2v) is 6.07. The van der Waals surface area contributed by atoms with Crippen molar-refractivity contribution in [3.8, 4) is 11.6 Å². The number of para-hydroxylation sites is 1. The molecule has 0 saturated heterocycles. The summed E-state index contributed by atoms with van der Waals surface area (Å²) in [6.07, 6.45) is 6.51. The number of nitrogens with zero attached hydrogens (tertiary/aromatic N) is 2. The fourth-order valence-corrected chi connectivity index (χ4v) is 2.95. The SMILES string of the molecule is CCN(C(=O)COC(=O)c1cccnc1Oc1ccccc1)C1=CCCC1. The van der Waals surface area contributed by atoms with Crippen molar-refractivity contribution in [2.24, 2.45) is 0 Å². The minimum absolute atomic E-state index is 0.145. The highest BCUT2D eigenvalue weighted by Gasteiger charge is 2.22. The molecule has 3 rings (SSSR count). The van der Waals surface area contributed by atoms with E-state index in [-0.39, 0.29) is 24.0 Å². The van der Waals surface area contributed by atoms with Crippen molar-refractivity contribution >= 4 is 11.9 Å². The number of hydrogen-bond acceptors (Lipinski definition) is 5. The number of hydrogen-bond donors (Lipinski definition) is 0. The van der Waals surface area contributed by atoms with Crippen molar-refractivity contribution in [2.45, 2.75) is 26.2 Å². The van der Waals surface area contributed by atoms with Gasteiger partial charge in [-0.15, -0.1) is 0 Å². The van der Waals surface area contributed by atoms with Crippen molar-refractivity contribution in [3.05, 3.63) is 66.0 Å². The number of likely N-dealkylation sites (N-methyl/N-ethyl adjacent to an activating group) is 1. The number of carbonyl (C=O) groups excluding carboxylic acids is 2. The first-order chi connectivity index (χ1) is 13.2. The fraction of sp³-hybridized carbons (Fsp3) is 0.286. The van der Waals surface area contributed by atoms with Crippen LogP contribution in [0, 0.1) is 0 Å². The van der Waals surface area contributed by atoms with E-state index in [4.69, 9.17) is 9.47 Å². The van der Waals surface area contributed by atoms with Crippen molar-refractivity contribution in [1.82, 2.24) is 9.88 Å². The lowest BCUT2D eigenvalue weighted by atomic mass is 10.2. The second-order valence-electron chi connectivity index (χ2n) is 6.07. The molecule has 0 atom stereocenters. The van der Waals surface area contributed by atoms with Gasteiger partial charge in [0, 0.05) is 18.4 Å². The summed E-state index contributed by atoms with van der Waals surface area (Å²) < 4.78 is 10.9. The van der Waals surface area contributed by atoms with Gasteiger partial charge in [-0.2, -0.15) is 0 Å². The second kappa shape index (κ2) is 8.98. The van der Waals surface area contributed by atoms with E-state index < -0.39 is 5.97 Å². The monoisotopic (exact) mass is 366 g/mol. The Bertz CT molecular complexity index is 833. The Morgan fingerprint density at radius 3 is 2.67 bits per heavy atom. The number of ether oxygens (including phenoxy) is 2. The molecular formula is C21H22N2O4. The molecule has 0 spiro atoms. The molecule has 2 aromatic rings. The maximum absolute atomic E-state index is 12.5. The molecule has 1 amide bonds. The van der Waals surface area contributed by atoms with Crippen LogP contribution in [0.25, 0.3) is 0 Å². The third-order valence-corrected chi connectivity index (χ3v) is 4.26. The molecule has 140 valence electrons. The summed E-state index contributed by atoms with van der Waals surface area (Å²) in [4.78, 5) is 30.7. The van der Waals surface area contributed by atoms with E-state index in [1.165, 1.54) is 6.20 Å². The van der Waals surface area contributed by atoms with E-state index in [1.54, 1.807) is 29.2 Å². The standard InChI is InChI=1S/C21H22N2O4/c1-2-23(16-9-6-7-10-16)19(24)15-26-21(25)18-13-8-14-22-20(18)27-17-11-4-3-5-12-17/h3-5,8-9,11-14H,2,6-7,10,15H2,1H3. The van der Waals surface area contributed by atoms with E-state index in [0.717, 1.165) is 25.0 Å². The lowest BCUT2D eigenvalue weighted by Crippen LogP contribution is -2.33. The van der Waals surface area contributed by atoms with E-state index >= 15 is 0 Å². The minimum Gasteiger partial charge on any atom is -0.452 e. The first kappa shape index (κ1) is 18.6. The van der Waals surface area contributed by atoms with Crippen LogP contribution in [0.1, 0.15) is 36.5 Å². The van der Waals surface area contributed by atoms with Crippen molar-refractivity contribution in [3.63, 3.8) is 0 Å². The van der Waals surface area contributed by atoms with Crippen molar-refractivity contribution in [1.29, 1.82) is 0 Å². The summed E-state index contributed by atoms with van der Waals surface area (Å²) in [5.74, 6) is -0.161. The molecule has 0 unspecified atom stereocenters. The molecule has 1 aromatic heterocycles. The Morgan fingerprint density at radius 2 is 1.96 bits per heavy atom. The number of esters is 1. The molecular weight excluding hydrogens is 344 g/mol. The van der Waals surface area contributed by atoms with Gasteiger partial charge >= 0.3 is 5.97 Å². The molecule has 0 saturated carbocycles. The number of rotatable bonds is 7. The molecule has 1 aliphatic carbocycles. The maximum atomic E-state index is 12.5. The average Bonchev–Trinajstić information content (AvgIpc) is 3.22. The summed E-state index contributed by atoms with van der Waals surface area (Å²) in [6.45, 7) is 2.15. The van der Waals surface area contributed by atoms with Crippen LogP contribution in [0.3, 0.4) is 0 Å². The molecule has 6 nitrogen and oxygen atoms in total. The van der Waals surface area contributed by atoms with Gasteiger partial charge in [0.15, 0.2) is 6.61 Å². The van der Waals surface area contributed by atoms with Gasteiger partial charge in [0.25, 0.3) is 5.91 Å². The zero-order chi connectivity index (χ0) is 19.1. The van der Waals surface area contributed by atoms with Crippen LogP contribution >= 0.6 is 0 Å². The highest BCUT2D eigenvalue weighted by molar-refractivity contribution is 5.93. The lowest BCUT2D eigenvalue weighted by molar-refractivity contribution is -0.132. The van der Waals surface area contributed by atoms with E-state index in [1.807, 2.05) is 25.1 Å². The maximum Gasteiger partial charge on any atom is 0.344 e. The summed E-state index contributed by atoms with van der Waals surface area (Å²) in [5.41, 5.74) is 1.19. The Kier molecular flexibility index (Phi) is 6.20.